The summed E-state index contributed by atoms with van der Waals surface area (Å²) >= 11 is 0. The molecule has 7 nitrogen and oxygen atoms in total. The lowest BCUT2D eigenvalue weighted by Crippen LogP contribution is -2.06. The lowest BCUT2D eigenvalue weighted by atomic mass is 10.1. The van der Waals surface area contributed by atoms with Gasteiger partial charge in [-0.25, -0.2) is 9.78 Å². The molecular formula is C14H11N3O4. The van der Waals surface area contributed by atoms with E-state index in [0.29, 0.717) is 11.4 Å². The van der Waals surface area contributed by atoms with Gasteiger partial charge in [-0.2, -0.15) is 0 Å². The fourth-order valence-corrected chi connectivity index (χ4v) is 2.12. The van der Waals surface area contributed by atoms with Gasteiger partial charge in [0.1, 0.15) is 5.75 Å². The molecule has 106 valence electrons. The number of nitrogens with one attached hydrogen (secondary N) is 2. The van der Waals surface area contributed by atoms with Gasteiger partial charge in [0, 0.05) is 5.56 Å². The van der Waals surface area contributed by atoms with E-state index in [9.17, 15) is 14.7 Å². The van der Waals surface area contributed by atoms with E-state index < -0.39 is 11.5 Å². The van der Waals surface area contributed by atoms with E-state index in [1.807, 2.05) is 0 Å². The lowest BCUT2D eigenvalue weighted by molar-refractivity contribution is 0.0699. The van der Waals surface area contributed by atoms with Crippen molar-refractivity contribution in [2.45, 2.75) is 0 Å². The summed E-state index contributed by atoms with van der Waals surface area (Å²) < 4.78 is 5.07. The van der Waals surface area contributed by atoms with Gasteiger partial charge >= 0.3 is 5.97 Å². The van der Waals surface area contributed by atoms with Crippen molar-refractivity contribution in [2.75, 3.05) is 7.11 Å². The maximum Gasteiger partial charge on any atom is 0.336 e. The molecule has 1 aromatic carbocycles. The Morgan fingerprint density at radius 1 is 1.24 bits per heavy atom. The third-order valence-corrected chi connectivity index (χ3v) is 3.16. The number of nitrogens with zero attached hydrogens (tertiary/aromatic N) is 1. The van der Waals surface area contributed by atoms with Crippen LogP contribution in [0, 0.1) is 0 Å². The van der Waals surface area contributed by atoms with Crippen LogP contribution in [-0.4, -0.2) is 33.4 Å². The van der Waals surface area contributed by atoms with Crippen molar-refractivity contribution in [2.24, 2.45) is 0 Å². The highest BCUT2D eigenvalue weighted by Crippen LogP contribution is 2.24. The van der Waals surface area contributed by atoms with Crippen molar-refractivity contribution < 1.29 is 14.6 Å². The summed E-state index contributed by atoms with van der Waals surface area (Å²) in [5.74, 6) is -0.490. The van der Waals surface area contributed by atoms with Gasteiger partial charge in [0.2, 0.25) is 0 Å². The maximum atomic E-state index is 11.6. The number of methoxy groups -OCH3 is 1. The molecule has 0 aliphatic heterocycles. The van der Waals surface area contributed by atoms with Crippen molar-refractivity contribution in [1.29, 1.82) is 0 Å². The first-order valence-electron chi connectivity index (χ1n) is 6.09. The van der Waals surface area contributed by atoms with Gasteiger partial charge in [0.25, 0.3) is 5.56 Å². The standard InChI is InChI=1S/C14H11N3O4/c1-21-8-4-2-7(3-5-8)10-6-9(14(19)20)11-12(15-10)16-17-13(11)18/h2-6H,1H3,(H,19,20)(H2,15,16,17,18). The van der Waals surface area contributed by atoms with E-state index in [4.69, 9.17) is 4.74 Å². The number of fused-ring (bicyclic) bond motifs is 1. The molecule has 3 aromatic rings. The zero-order valence-electron chi connectivity index (χ0n) is 11.0. The molecule has 0 aliphatic carbocycles. The molecular weight excluding hydrogens is 274 g/mol. The molecule has 2 heterocycles. The largest absolute Gasteiger partial charge is 0.497 e. The summed E-state index contributed by atoms with van der Waals surface area (Å²) in [6.07, 6.45) is 0. The molecule has 0 saturated heterocycles. The van der Waals surface area contributed by atoms with Crippen LogP contribution in [0.4, 0.5) is 0 Å². The second kappa shape index (κ2) is 4.78. The number of pyridine rings is 1. The van der Waals surface area contributed by atoms with Crippen molar-refractivity contribution in [3.8, 4) is 17.0 Å². The number of aromatic nitrogens is 3. The van der Waals surface area contributed by atoms with Crippen LogP contribution in [0.25, 0.3) is 22.3 Å². The Bertz CT molecular complexity index is 877. The predicted octanol–water partition coefficient (Wildman–Crippen LogP) is 1.62. The number of ether oxygens (including phenoxy) is 1. The van der Waals surface area contributed by atoms with E-state index in [-0.39, 0.29) is 16.6 Å². The SMILES string of the molecule is COc1ccc(-c2cc(C(=O)O)c3c(=O)[nH][nH]c3n2)cc1. The van der Waals surface area contributed by atoms with Crippen LogP contribution in [0.3, 0.4) is 0 Å². The van der Waals surface area contributed by atoms with Crippen molar-refractivity contribution >= 4 is 17.0 Å². The Hall–Kier alpha value is -3.09. The number of rotatable bonds is 3. The van der Waals surface area contributed by atoms with Gasteiger partial charge in [-0.3, -0.25) is 15.0 Å². The third kappa shape index (κ3) is 2.14. The summed E-state index contributed by atoms with van der Waals surface area (Å²) in [5, 5.41) is 14.2. The normalized spacial score (nSPS) is 10.7. The Morgan fingerprint density at radius 2 is 1.95 bits per heavy atom. The van der Waals surface area contributed by atoms with Crippen molar-refractivity contribution in [3.63, 3.8) is 0 Å². The third-order valence-electron chi connectivity index (χ3n) is 3.16. The monoisotopic (exact) mass is 285 g/mol. The number of hydrogen-bond donors (Lipinski definition) is 3. The minimum absolute atomic E-state index is 0.0414. The number of carbonyl (C=O) groups is 1. The van der Waals surface area contributed by atoms with Crippen LogP contribution >= 0.6 is 0 Å². The number of hydrogen-bond acceptors (Lipinski definition) is 4. The molecule has 3 N–H and O–H groups in total. The van der Waals surface area contributed by atoms with Crippen LogP contribution in [-0.2, 0) is 0 Å². The van der Waals surface area contributed by atoms with E-state index in [2.05, 4.69) is 15.2 Å². The van der Waals surface area contributed by atoms with Gasteiger partial charge in [-0.15, -0.1) is 0 Å². The Morgan fingerprint density at radius 3 is 2.57 bits per heavy atom. The van der Waals surface area contributed by atoms with E-state index in [1.54, 1.807) is 31.4 Å². The van der Waals surface area contributed by atoms with Crippen LogP contribution in [0.5, 0.6) is 5.75 Å². The molecule has 0 bridgehead atoms. The van der Waals surface area contributed by atoms with Crippen LogP contribution in [0.2, 0.25) is 0 Å². The summed E-state index contributed by atoms with van der Waals surface area (Å²) in [6, 6.07) is 8.42. The molecule has 3 rings (SSSR count). The van der Waals surface area contributed by atoms with Gasteiger partial charge < -0.3 is 9.84 Å². The fourth-order valence-electron chi connectivity index (χ4n) is 2.12. The average Bonchev–Trinajstić information content (AvgIpc) is 2.88. The zero-order chi connectivity index (χ0) is 15.0. The number of benzene rings is 1. The molecule has 21 heavy (non-hydrogen) atoms. The molecule has 0 radical (unpaired) electrons. The van der Waals surface area contributed by atoms with Crippen LogP contribution < -0.4 is 10.3 Å². The highest BCUT2D eigenvalue weighted by Gasteiger charge is 2.16. The lowest BCUT2D eigenvalue weighted by Gasteiger charge is -2.05. The maximum absolute atomic E-state index is 11.6. The predicted molar refractivity (Wildman–Crippen MR) is 75.7 cm³/mol. The number of aromatic amines is 2. The quantitative estimate of drug-likeness (QED) is 0.677. The first kappa shape index (κ1) is 12.9. The number of carboxylic acids is 1. The van der Waals surface area contributed by atoms with E-state index >= 15 is 0 Å². The number of carboxylic acid groups (broad SMARTS) is 1. The van der Waals surface area contributed by atoms with Crippen molar-refractivity contribution in [1.82, 2.24) is 15.2 Å². The summed E-state index contributed by atoms with van der Waals surface area (Å²) in [5.41, 5.74) is 0.801. The highest BCUT2D eigenvalue weighted by atomic mass is 16.5. The molecule has 0 spiro atoms. The Labute approximate surface area is 118 Å². The minimum atomic E-state index is -1.18. The summed E-state index contributed by atoms with van der Waals surface area (Å²) in [6.45, 7) is 0. The van der Waals surface area contributed by atoms with Crippen molar-refractivity contribution in [3.05, 3.63) is 46.2 Å². The van der Waals surface area contributed by atoms with Crippen LogP contribution in [0.1, 0.15) is 10.4 Å². The highest BCUT2D eigenvalue weighted by molar-refractivity contribution is 6.02. The summed E-state index contributed by atoms with van der Waals surface area (Å²) in [4.78, 5) is 27.2. The average molecular weight is 285 g/mol. The number of H-pyrrole nitrogens is 2. The molecule has 2 aromatic heterocycles. The van der Waals surface area contributed by atoms with Gasteiger partial charge in [0.15, 0.2) is 5.65 Å². The van der Waals surface area contributed by atoms with Crippen LogP contribution in [0.15, 0.2) is 35.1 Å². The topological polar surface area (TPSA) is 108 Å². The molecule has 0 fully saturated rings. The fraction of sp³-hybridized carbons (Fsp3) is 0.0714. The number of aromatic carboxylic acids is 1. The van der Waals surface area contributed by atoms with E-state index in [1.165, 1.54) is 6.07 Å². The first-order chi connectivity index (χ1) is 10.1. The Kier molecular flexibility index (Phi) is 2.94. The minimum Gasteiger partial charge on any atom is -0.497 e. The van der Waals surface area contributed by atoms with Gasteiger partial charge in [-0.05, 0) is 30.3 Å². The van der Waals surface area contributed by atoms with Gasteiger partial charge in [-0.1, -0.05) is 0 Å². The first-order valence-corrected chi connectivity index (χ1v) is 6.09. The smallest absolute Gasteiger partial charge is 0.336 e. The molecule has 0 saturated carbocycles. The zero-order valence-corrected chi connectivity index (χ0v) is 11.0. The second-order valence-electron chi connectivity index (χ2n) is 4.39. The molecule has 0 atom stereocenters. The van der Waals surface area contributed by atoms with Gasteiger partial charge in [0.05, 0.1) is 23.8 Å². The molecule has 7 heteroatoms. The van der Waals surface area contributed by atoms with E-state index in [0.717, 1.165) is 5.56 Å². The molecule has 0 unspecified atom stereocenters. The Balaban J connectivity index is 2.23. The molecule has 0 amide bonds. The second-order valence-corrected chi connectivity index (χ2v) is 4.39. The summed E-state index contributed by atoms with van der Waals surface area (Å²) in [7, 11) is 1.56. The molecule has 0 aliphatic rings.